The van der Waals surface area contributed by atoms with Crippen LogP contribution >= 0.6 is 23.7 Å². The van der Waals surface area contributed by atoms with E-state index in [0.29, 0.717) is 24.0 Å². The number of halogens is 1. The zero-order chi connectivity index (χ0) is 15.2. The van der Waals surface area contributed by atoms with Gasteiger partial charge in [0.1, 0.15) is 0 Å². The first kappa shape index (κ1) is 18.6. The van der Waals surface area contributed by atoms with Gasteiger partial charge in [0, 0.05) is 23.4 Å². The molecule has 0 radical (unpaired) electrons. The molecule has 4 nitrogen and oxygen atoms in total. The molecule has 6 heteroatoms. The number of rotatable bonds is 6. The molecular formula is C16H22ClN3OS. The molecule has 0 atom stereocenters. The van der Waals surface area contributed by atoms with Crippen LogP contribution in [0.2, 0.25) is 0 Å². The Bertz CT molecular complexity index is 599. The van der Waals surface area contributed by atoms with Crippen LogP contribution in [0.25, 0.3) is 11.3 Å². The summed E-state index contributed by atoms with van der Waals surface area (Å²) < 4.78 is 0. The molecule has 1 heterocycles. The smallest absolute Gasteiger partial charge is 0.227 e. The van der Waals surface area contributed by atoms with Gasteiger partial charge in [-0.2, -0.15) is 0 Å². The second-order valence-electron chi connectivity index (χ2n) is 5.15. The first-order valence-corrected chi connectivity index (χ1v) is 7.94. The minimum Gasteiger partial charge on any atom is -0.319 e. The first-order valence-electron chi connectivity index (χ1n) is 7.12. The van der Waals surface area contributed by atoms with Gasteiger partial charge >= 0.3 is 0 Å². The summed E-state index contributed by atoms with van der Waals surface area (Å²) in [6.45, 7) is 4.96. The van der Waals surface area contributed by atoms with E-state index in [9.17, 15) is 4.79 Å². The maximum atomic E-state index is 11.8. The summed E-state index contributed by atoms with van der Waals surface area (Å²) in [7, 11) is 1.83. The van der Waals surface area contributed by atoms with Crippen molar-refractivity contribution in [1.29, 1.82) is 0 Å². The highest BCUT2D eigenvalue weighted by Gasteiger charge is 2.16. The van der Waals surface area contributed by atoms with Crippen molar-refractivity contribution in [2.75, 3.05) is 18.9 Å². The quantitative estimate of drug-likeness (QED) is 0.839. The van der Waals surface area contributed by atoms with Gasteiger partial charge in [-0.05, 0) is 13.0 Å². The van der Waals surface area contributed by atoms with E-state index in [1.807, 2.05) is 37.4 Å². The SMILES string of the molecule is CNCCC(=O)Nc1nc(-c2ccccc2)c(C(C)C)s1.Cl. The Balaban J connectivity index is 0.00000242. The van der Waals surface area contributed by atoms with Gasteiger partial charge in [0.15, 0.2) is 5.13 Å². The molecule has 22 heavy (non-hydrogen) atoms. The number of thiazole rings is 1. The molecule has 0 saturated heterocycles. The Morgan fingerprint density at radius 1 is 1.27 bits per heavy atom. The van der Waals surface area contributed by atoms with Crippen LogP contribution in [0, 0.1) is 0 Å². The van der Waals surface area contributed by atoms with Crippen LogP contribution in [0.3, 0.4) is 0 Å². The van der Waals surface area contributed by atoms with Crippen molar-refractivity contribution in [3.8, 4) is 11.3 Å². The number of carbonyl (C=O) groups is 1. The minimum absolute atomic E-state index is 0. The first-order chi connectivity index (χ1) is 10.1. The van der Waals surface area contributed by atoms with Crippen LogP contribution in [0.1, 0.15) is 31.1 Å². The normalized spacial score (nSPS) is 10.4. The number of amides is 1. The molecular weight excluding hydrogens is 318 g/mol. The number of hydrogen-bond donors (Lipinski definition) is 2. The van der Waals surface area contributed by atoms with Crippen molar-refractivity contribution in [2.24, 2.45) is 0 Å². The predicted octanol–water partition coefficient (Wildman–Crippen LogP) is 3.90. The number of aromatic nitrogens is 1. The topological polar surface area (TPSA) is 54.0 Å². The van der Waals surface area contributed by atoms with E-state index in [1.54, 1.807) is 11.3 Å². The van der Waals surface area contributed by atoms with Crippen LogP contribution in [-0.4, -0.2) is 24.5 Å². The average molecular weight is 340 g/mol. The Hall–Kier alpha value is -1.43. The molecule has 0 unspecified atom stereocenters. The second-order valence-corrected chi connectivity index (χ2v) is 6.18. The largest absolute Gasteiger partial charge is 0.319 e. The standard InChI is InChI=1S/C16H21N3OS.ClH/c1-11(2)15-14(12-7-5-4-6-8-12)19-16(21-15)18-13(20)9-10-17-3;/h4-8,11,17H,9-10H2,1-3H3,(H,18,19,20);1H. The number of carbonyl (C=O) groups excluding carboxylic acids is 1. The highest BCUT2D eigenvalue weighted by Crippen LogP contribution is 2.36. The van der Waals surface area contributed by atoms with Gasteiger partial charge < -0.3 is 10.6 Å². The predicted molar refractivity (Wildman–Crippen MR) is 96.1 cm³/mol. The number of benzene rings is 1. The fraction of sp³-hybridized carbons (Fsp3) is 0.375. The van der Waals surface area contributed by atoms with E-state index < -0.39 is 0 Å². The summed E-state index contributed by atoms with van der Waals surface area (Å²) in [5.74, 6) is 0.369. The lowest BCUT2D eigenvalue weighted by atomic mass is 10.1. The molecule has 1 aromatic heterocycles. The van der Waals surface area contributed by atoms with Gasteiger partial charge in [-0.15, -0.1) is 23.7 Å². The highest BCUT2D eigenvalue weighted by molar-refractivity contribution is 7.16. The van der Waals surface area contributed by atoms with Gasteiger partial charge in [-0.1, -0.05) is 44.2 Å². The van der Waals surface area contributed by atoms with Gasteiger partial charge in [0.2, 0.25) is 5.91 Å². The van der Waals surface area contributed by atoms with Crippen molar-refractivity contribution >= 4 is 34.8 Å². The molecule has 0 aliphatic rings. The maximum absolute atomic E-state index is 11.8. The number of anilines is 1. The van der Waals surface area contributed by atoms with E-state index in [0.717, 1.165) is 11.3 Å². The van der Waals surface area contributed by atoms with Gasteiger partial charge in [0.05, 0.1) is 5.69 Å². The summed E-state index contributed by atoms with van der Waals surface area (Å²) in [6, 6.07) is 10.1. The zero-order valence-corrected chi connectivity index (χ0v) is 14.7. The fourth-order valence-corrected chi connectivity index (χ4v) is 3.01. The molecule has 0 spiro atoms. The molecule has 2 aromatic rings. The van der Waals surface area contributed by atoms with Crippen molar-refractivity contribution in [3.05, 3.63) is 35.2 Å². The third-order valence-electron chi connectivity index (χ3n) is 3.07. The molecule has 2 N–H and O–H groups in total. The Morgan fingerprint density at radius 2 is 1.95 bits per heavy atom. The van der Waals surface area contributed by atoms with Crippen LogP contribution in [0.5, 0.6) is 0 Å². The molecule has 1 aromatic carbocycles. The summed E-state index contributed by atoms with van der Waals surface area (Å²) >= 11 is 1.56. The molecule has 0 aliphatic heterocycles. The molecule has 0 aliphatic carbocycles. The number of hydrogen-bond acceptors (Lipinski definition) is 4. The minimum atomic E-state index is -0.00646. The summed E-state index contributed by atoms with van der Waals surface area (Å²) in [6.07, 6.45) is 0.452. The van der Waals surface area contributed by atoms with Crippen molar-refractivity contribution in [1.82, 2.24) is 10.3 Å². The Labute approximate surface area is 141 Å². The summed E-state index contributed by atoms with van der Waals surface area (Å²) in [5, 5.41) is 6.54. The fourth-order valence-electron chi connectivity index (χ4n) is 2.00. The van der Waals surface area contributed by atoms with Gasteiger partial charge in [-0.25, -0.2) is 4.98 Å². The van der Waals surface area contributed by atoms with Crippen molar-refractivity contribution in [2.45, 2.75) is 26.2 Å². The lowest BCUT2D eigenvalue weighted by Crippen LogP contribution is -2.18. The van der Waals surface area contributed by atoms with E-state index >= 15 is 0 Å². The molecule has 0 bridgehead atoms. The summed E-state index contributed by atoms with van der Waals surface area (Å²) in [5.41, 5.74) is 2.06. The number of nitrogens with one attached hydrogen (secondary N) is 2. The van der Waals surface area contributed by atoms with E-state index in [4.69, 9.17) is 0 Å². The van der Waals surface area contributed by atoms with Crippen LogP contribution in [0.4, 0.5) is 5.13 Å². The molecule has 120 valence electrons. The van der Waals surface area contributed by atoms with E-state index in [1.165, 1.54) is 4.88 Å². The molecule has 0 saturated carbocycles. The average Bonchev–Trinajstić information content (AvgIpc) is 2.90. The third-order valence-corrected chi connectivity index (χ3v) is 4.34. The monoisotopic (exact) mass is 339 g/mol. The Kier molecular flexibility index (Phi) is 7.51. The highest BCUT2D eigenvalue weighted by atomic mass is 35.5. The van der Waals surface area contributed by atoms with Crippen LogP contribution in [0.15, 0.2) is 30.3 Å². The lowest BCUT2D eigenvalue weighted by Gasteiger charge is -2.04. The van der Waals surface area contributed by atoms with Crippen LogP contribution in [-0.2, 0) is 4.79 Å². The molecule has 2 rings (SSSR count). The number of nitrogens with zero attached hydrogens (tertiary/aromatic N) is 1. The third kappa shape index (κ3) is 4.80. The molecule has 0 fully saturated rings. The lowest BCUT2D eigenvalue weighted by molar-refractivity contribution is -0.116. The van der Waals surface area contributed by atoms with Gasteiger partial charge in [-0.3, -0.25) is 4.79 Å². The van der Waals surface area contributed by atoms with Gasteiger partial charge in [0.25, 0.3) is 0 Å². The maximum Gasteiger partial charge on any atom is 0.227 e. The van der Waals surface area contributed by atoms with Crippen LogP contribution < -0.4 is 10.6 Å². The second kappa shape index (κ2) is 8.88. The molecule has 1 amide bonds. The van der Waals surface area contributed by atoms with E-state index in [-0.39, 0.29) is 18.3 Å². The summed E-state index contributed by atoms with van der Waals surface area (Å²) in [4.78, 5) is 17.6. The Morgan fingerprint density at radius 3 is 2.55 bits per heavy atom. The van der Waals surface area contributed by atoms with Crippen molar-refractivity contribution < 1.29 is 4.79 Å². The van der Waals surface area contributed by atoms with E-state index in [2.05, 4.69) is 29.5 Å². The zero-order valence-electron chi connectivity index (χ0n) is 13.1. The van der Waals surface area contributed by atoms with Crippen molar-refractivity contribution in [3.63, 3.8) is 0 Å².